The van der Waals surface area contributed by atoms with Crippen molar-refractivity contribution in [2.24, 2.45) is 0 Å². The molecule has 5 nitrogen and oxygen atoms in total. The number of para-hydroxylation sites is 2. The van der Waals surface area contributed by atoms with Crippen LogP contribution in [-0.4, -0.2) is 20.7 Å². The number of carbonyl (C=O) groups is 1. The molecule has 1 unspecified atom stereocenters. The van der Waals surface area contributed by atoms with Crippen LogP contribution in [-0.2, 0) is 4.79 Å². The third-order valence-corrected chi connectivity index (χ3v) is 5.66. The molecule has 2 aromatic heterocycles. The van der Waals surface area contributed by atoms with Crippen LogP contribution in [0.1, 0.15) is 41.6 Å². The summed E-state index contributed by atoms with van der Waals surface area (Å²) in [5, 5.41) is 11.9. The van der Waals surface area contributed by atoms with Gasteiger partial charge in [0.25, 0.3) is 0 Å². The van der Waals surface area contributed by atoms with Crippen LogP contribution >= 0.6 is 0 Å². The highest BCUT2D eigenvalue weighted by atomic mass is 16.2. The maximum Gasteiger partial charge on any atom is 0.238 e. The van der Waals surface area contributed by atoms with Crippen LogP contribution in [0.2, 0.25) is 0 Å². The third-order valence-electron chi connectivity index (χ3n) is 5.66. The molecule has 0 radical (unpaired) electrons. The van der Waals surface area contributed by atoms with Crippen molar-refractivity contribution in [1.82, 2.24) is 14.8 Å². The van der Waals surface area contributed by atoms with E-state index in [1.807, 2.05) is 36.4 Å². The highest BCUT2D eigenvalue weighted by Crippen LogP contribution is 2.42. The zero-order valence-corrected chi connectivity index (χ0v) is 14.6. The maximum atomic E-state index is 12.9. The Kier molecular flexibility index (Phi) is 2.92. The molecule has 2 N–H and O–H groups in total. The van der Waals surface area contributed by atoms with E-state index in [0.29, 0.717) is 5.92 Å². The van der Waals surface area contributed by atoms with Gasteiger partial charge in [-0.25, -0.2) is 0 Å². The molecule has 5 heteroatoms. The lowest BCUT2D eigenvalue weighted by molar-refractivity contribution is -0.116. The Morgan fingerprint density at radius 3 is 2.70 bits per heavy atom. The second kappa shape index (κ2) is 5.33. The van der Waals surface area contributed by atoms with E-state index in [2.05, 4.69) is 44.3 Å². The molecule has 2 aromatic carbocycles. The smallest absolute Gasteiger partial charge is 0.238 e. The lowest BCUT2D eigenvalue weighted by Crippen LogP contribution is -2.16. The van der Waals surface area contributed by atoms with Gasteiger partial charge < -0.3 is 5.32 Å². The van der Waals surface area contributed by atoms with Gasteiger partial charge in [-0.05, 0) is 36.6 Å². The van der Waals surface area contributed by atoms with Gasteiger partial charge in [-0.15, -0.1) is 0 Å². The van der Waals surface area contributed by atoms with Crippen molar-refractivity contribution in [3.63, 3.8) is 0 Å². The van der Waals surface area contributed by atoms with E-state index in [9.17, 15) is 4.79 Å². The predicted octanol–water partition coefficient (Wildman–Crippen LogP) is 4.32. The van der Waals surface area contributed by atoms with Gasteiger partial charge in [-0.3, -0.25) is 14.5 Å². The van der Waals surface area contributed by atoms with Crippen LogP contribution < -0.4 is 5.32 Å². The molecule has 4 aromatic rings. The minimum absolute atomic E-state index is 0.0122. The normalized spacial score (nSPS) is 18.7. The van der Waals surface area contributed by atoms with Crippen molar-refractivity contribution >= 4 is 22.5 Å². The molecule has 1 aliphatic carbocycles. The van der Waals surface area contributed by atoms with Crippen molar-refractivity contribution in [3.8, 4) is 5.82 Å². The van der Waals surface area contributed by atoms with Crippen molar-refractivity contribution < 1.29 is 4.79 Å². The molecule has 0 spiro atoms. The van der Waals surface area contributed by atoms with Crippen LogP contribution in [0.25, 0.3) is 16.7 Å². The summed E-state index contributed by atoms with van der Waals surface area (Å²) in [5.74, 6) is 1.13. The van der Waals surface area contributed by atoms with Crippen molar-refractivity contribution in [3.05, 3.63) is 77.6 Å². The van der Waals surface area contributed by atoms with Gasteiger partial charge >= 0.3 is 0 Å². The summed E-state index contributed by atoms with van der Waals surface area (Å²) >= 11 is 0. The Hall–Kier alpha value is -3.34. The second-order valence-electron chi connectivity index (χ2n) is 7.43. The van der Waals surface area contributed by atoms with E-state index in [-0.39, 0.29) is 11.8 Å². The first-order chi connectivity index (χ1) is 13.3. The first-order valence-corrected chi connectivity index (χ1v) is 9.35. The van der Waals surface area contributed by atoms with Gasteiger partial charge in [0.15, 0.2) is 5.82 Å². The standard InChI is InChI=1S/C22H18N4O/c27-22-21(15-6-2-3-7-16(15)23-22)19-11-14-5-1-4-8-18(14)26(19)20-12-17(24-25-20)13-9-10-13/h1-8,11-13,21H,9-10H2,(H,23,27)(H,24,25). The number of amides is 1. The molecule has 1 fully saturated rings. The Morgan fingerprint density at radius 2 is 1.81 bits per heavy atom. The molecule has 1 aliphatic heterocycles. The zero-order valence-electron chi connectivity index (χ0n) is 14.6. The molecule has 6 rings (SSSR count). The van der Waals surface area contributed by atoms with Gasteiger partial charge in [-0.2, -0.15) is 5.10 Å². The Balaban J connectivity index is 1.60. The molecular weight excluding hydrogens is 336 g/mol. The van der Waals surface area contributed by atoms with Gasteiger partial charge in [0.05, 0.1) is 5.52 Å². The van der Waals surface area contributed by atoms with E-state index in [1.165, 1.54) is 18.5 Å². The summed E-state index contributed by atoms with van der Waals surface area (Å²) in [6.07, 6.45) is 2.44. The number of benzene rings is 2. The van der Waals surface area contributed by atoms with Crippen LogP contribution in [0.3, 0.4) is 0 Å². The molecule has 1 amide bonds. The van der Waals surface area contributed by atoms with E-state index < -0.39 is 0 Å². The number of nitrogens with zero attached hydrogens (tertiary/aromatic N) is 2. The number of anilines is 1. The number of fused-ring (bicyclic) bond motifs is 2. The van der Waals surface area contributed by atoms with Crippen LogP contribution in [0.15, 0.2) is 60.7 Å². The van der Waals surface area contributed by atoms with Crippen molar-refractivity contribution in [2.75, 3.05) is 5.32 Å². The Labute approximate surface area is 156 Å². The largest absolute Gasteiger partial charge is 0.325 e. The van der Waals surface area contributed by atoms with E-state index in [0.717, 1.165) is 33.7 Å². The molecule has 1 atom stereocenters. The number of nitrogens with one attached hydrogen (secondary N) is 2. The quantitative estimate of drug-likeness (QED) is 0.576. The number of aromatic nitrogens is 3. The van der Waals surface area contributed by atoms with Crippen LogP contribution in [0, 0.1) is 0 Å². The summed E-state index contributed by atoms with van der Waals surface area (Å²) in [7, 11) is 0. The average molecular weight is 354 g/mol. The summed E-state index contributed by atoms with van der Waals surface area (Å²) in [6.45, 7) is 0. The maximum absolute atomic E-state index is 12.9. The minimum Gasteiger partial charge on any atom is -0.325 e. The van der Waals surface area contributed by atoms with Crippen molar-refractivity contribution in [1.29, 1.82) is 0 Å². The van der Waals surface area contributed by atoms with Crippen molar-refractivity contribution in [2.45, 2.75) is 24.7 Å². The number of H-pyrrole nitrogens is 1. The van der Waals surface area contributed by atoms with Gasteiger partial charge in [0.1, 0.15) is 5.92 Å². The van der Waals surface area contributed by atoms with Crippen LogP contribution in [0.4, 0.5) is 5.69 Å². The lowest BCUT2D eigenvalue weighted by atomic mass is 9.97. The summed E-state index contributed by atoms with van der Waals surface area (Å²) in [6, 6.07) is 20.4. The number of carbonyl (C=O) groups excluding carboxylic acids is 1. The number of hydrogen-bond donors (Lipinski definition) is 2. The fraction of sp³-hybridized carbons (Fsp3) is 0.182. The van der Waals surface area contributed by atoms with Crippen LogP contribution in [0.5, 0.6) is 0 Å². The summed E-state index contributed by atoms with van der Waals surface area (Å²) < 4.78 is 2.13. The number of aromatic amines is 1. The topological polar surface area (TPSA) is 62.7 Å². The molecule has 2 aliphatic rings. The molecule has 1 saturated carbocycles. The highest BCUT2D eigenvalue weighted by Gasteiger charge is 2.35. The number of hydrogen-bond acceptors (Lipinski definition) is 2. The monoisotopic (exact) mass is 354 g/mol. The molecule has 132 valence electrons. The molecule has 0 bridgehead atoms. The van der Waals surface area contributed by atoms with Gasteiger partial charge in [0.2, 0.25) is 5.91 Å². The lowest BCUT2D eigenvalue weighted by Gasteiger charge is -2.13. The molecule has 27 heavy (non-hydrogen) atoms. The van der Waals surface area contributed by atoms with E-state index >= 15 is 0 Å². The minimum atomic E-state index is -0.338. The predicted molar refractivity (Wildman–Crippen MR) is 104 cm³/mol. The van der Waals surface area contributed by atoms with E-state index in [1.54, 1.807) is 0 Å². The Morgan fingerprint density at radius 1 is 1.00 bits per heavy atom. The fourth-order valence-electron chi connectivity index (χ4n) is 4.19. The molecular formula is C22H18N4O. The zero-order chi connectivity index (χ0) is 18.0. The summed E-state index contributed by atoms with van der Waals surface area (Å²) in [4.78, 5) is 12.9. The fourth-order valence-corrected chi connectivity index (χ4v) is 4.19. The van der Waals surface area contributed by atoms with E-state index in [4.69, 9.17) is 0 Å². The third kappa shape index (κ3) is 2.18. The van der Waals surface area contributed by atoms with Gasteiger partial charge in [-0.1, -0.05) is 36.4 Å². The first kappa shape index (κ1) is 14.8. The Bertz CT molecular complexity index is 1200. The number of rotatable bonds is 3. The average Bonchev–Trinajstić information content (AvgIpc) is 3.16. The first-order valence-electron chi connectivity index (χ1n) is 9.35. The second-order valence-corrected chi connectivity index (χ2v) is 7.43. The highest BCUT2D eigenvalue weighted by molar-refractivity contribution is 6.05. The van der Waals surface area contributed by atoms with Gasteiger partial charge in [0, 0.05) is 34.4 Å². The molecule has 3 heterocycles. The SMILES string of the molecule is O=C1Nc2ccccc2C1c1cc2ccccc2n1-c1cc(C2CC2)[nH]n1. The molecule has 0 saturated heterocycles. The summed E-state index contributed by atoms with van der Waals surface area (Å²) in [5.41, 5.74) is 5.12.